The lowest BCUT2D eigenvalue weighted by Crippen LogP contribution is -2.08. The molecule has 0 unspecified atom stereocenters. The third-order valence-electron chi connectivity index (χ3n) is 1.14. The first-order valence-corrected chi connectivity index (χ1v) is 2.87. The first-order valence-electron chi connectivity index (χ1n) is 2.87. The maximum Gasteiger partial charge on any atom is 0.0364 e. The van der Waals surface area contributed by atoms with Gasteiger partial charge in [-0.3, -0.25) is 0 Å². The largest absolute Gasteiger partial charge is 0.239 e. The maximum atomic E-state index is 6.69. The molecule has 0 heterocycles. The Balaban J connectivity index is 2.61. The first-order chi connectivity index (χ1) is 4.43. The van der Waals surface area contributed by atoms with E-state index in [1.807, 2.05) is 30.3 Å². The van der Waals surface area contributed by atoms with Gasteiger partial charge in [-0.2, -0.15) is 5.84 Å². The number of hydrogen-bond donors (Lipinski definition) is 1. The van der Waals surface area contributed by atoms with E-state index in [4.69, 9.17) is 5.84 Å². The first kappa shape index (κ1) is 6.26. The molecular formula is C7H9N2. The Morgan fingerprint density at radius 3 is 2.44 bits per heavy atom. The van der Waals surface area contributed by atoms with Gasteiger partial charge in [-0.05, 0) is 5.56 Å². The third-order valence-corrected chi connectivity index (χ3v) is 1.14. The predicted molar refractivity (Wildman–Crippen MR) is 36.4 cm³/mol. The minimum absolute atomic E-state index is 0.626. The van der Waals surface area contributed by atoms with Crippen LogP contribution in [0.25, 0.3) is 0 Å². The molecule has 0 aliphatic rings. The van der Waals surface area contributed by atoms with Crippen molar-refractivity contribution in [2.24, 2.45) is 0 Å². The number of hydrogen-bond acceptors (Lipinski definition) is 1. The smallest absolute Gasteiger partial charge is 0.0364 e. The lowest BCUT2D eigenvalue weighted by Gasteiger charge is -1.94. The van der Waals surface area contributed by atoms with Gasteiger partial charge in [0.2, 0.25) is 0 Å². The SMILES string of the molecule is [NH]NCc1ccccc1. The van der Waals surface area contributed by atoms with Crippen molar-refractivity contribution in [1.29, 1.82) is 0 Å². The summed E-state index contributed by atoms with van der Waals surface area (Å²) in [7, 11) is 0. The summed E-state index contributed by atoms with van der Waals surface area (Å²) in [6.07, 6.45) is 0. The van der Waals surface area contributed by atoms with Gasteiger partial charge < -0.3 is 0 Å². The van der Waals surface area contributed by atoms with Crippen LogP contribution in [-0.2, 0) is 6.54 Å². The van der Waals surface area contributed by atoms with Gasteiger partial charge in [0.05, 0.1) is 0 Å². The van der Waals surface area contributed by atoms with Gasteiger partial charge in [0, 0.05) is 6.54 Å². The summed E-state index contributed by atoms with van der Waals surface area (Å²) < 4.78 is 0. The summed E-state index contributed by atoms with van der Waals surface area (Å²) in [4.78, 5) is 0. The van der Waals surface area contributed by atoms with E-state index in [0.29, 0.717) is 6.54 Å². The topological polar surface area (TPSA) is 35.8 Å². The van der Waals surface area contributed by atoms with Crippen molar-refractivity contribution in [3.05, 3.63) is 35.9 Å². The molecule has 0 fully saturated rings. The predicted octanol–water partition coefficient (Wildman–Crippen LogP) is 0.974. The van der Waals surface area contributed by atoms with Gasteiger partial charge >= 0.3 is 0 Å². The third kappa shape index (κ3) is 1.83. The van der Waals surface area contributed by atoms with Crippen LogP contribution in [0.2, 0.25) is 0 Å². The van der Waals surface area contributed by atoms with Gasteiger partial charge in [-0.15, -0.1) is 0 Å². The van der Waals surface area contributed by atoms with Crippen LogP contribution in [0, 0.1) is 0 Å². The molecule has 0 aliphatic heterocycles. The zero-order chi connectivity index (χ0) is 6.53. The molecule has 2 heteroatoms. The molecule has 0 aromatic heterocycles. The van der Waals surface area contributed by atoms with Crippen molar-refractivity contribution in [2.75, 3.05) is 0 Å². The van der Waals surface area contributed by atoms with E-state index in [0.717, 1.165) is 5.56 Å². The molecule has 47 valence electrons. The second kappa shape index (κ2) is 3.22. The van der Waals surface area contributed by atoms with Crippen LogP contribution in [0.3, 0.4) is 0 Å². The Kier molecular flexibility index (Phi) is 2.24. The lowest BCUT2D eigenvalue weighted by atomic mass is 10.2. The molecule has 1 aromatic carbocycles. The standard InChI is InChI=1S/C7H9N2/c8-9-6-7-4-2-1-3-5-7/h1-5,8-9H,6H2. The van der Waals surface area contributed by atoms with Crippen LogP contribution >= 0.6 is 0 Å². The van der Waals surface area contributed by atoms with Crippen molar-refractivity contribution >= 4 is 0 Å². The fourth-order valence-electron chi connectivity index (χ4n) is 0.698. The van der Waals surface area contributed by atoms with E-state index in [9.17, 15) is 0 Å². The van der Waals surface area contributed by atoms with Crippen molar-refractivity contribution in [1.82, 2.24) is 11.3 Å². The summed E-state index contributed by atoms with van der Waals surface area (Å²) in [5.41, 5.74) is 3.48. The molecule has 0 spiro atoms. The Labute approximate surface area is 54.7 Å². The Morgan fingerprint density at radius 1 is 1.22 bits per heavy atom. The molecule has 1 radical (unpaired) electrons. The van der Waals surface area contributed by atoms with Gasteiger partial charge in [-0.1, -0.05) is 30.3 Å². The maximum absolute atomic E-state index is 6.69. The van der Waals surface area contributed by atoms with E-state index in [-0.39, 0.29) is 0 Å². The van der Waals surface area contributed by atoms with Crippen LogP contribution in [0.1, 0.15) is 5.56 Å². The monoisotopic (exact) mass is 121 g/mol. The molecule has 0 bridgehead atoms. The fraction of sp³-hybridized carbons (Fsp3) is 0.143. The highest BCUT2D eigenvalue weighted by Gasteiger charge is 1.84. The lowest BCUT2D eigenvalue weighted by molar-refractivity contribution is 0.714. The summed E-state index contributed by atoms with van der Waals surface area (Å²) in [5, 5.41) is 0. The minimum Gasteiger partial charge on any atom is -0.239 e. The normalized spacial score (nSPS) is 9.44. The molecule has 0 aliphatic carbocycles. The van der Waals surface area contributed by atoms with Crippen LogP contribution in [0.5, 0.6) is 0 Å². The van der Waals surface area contributed by atoms with Crippen LogP contribution in [0.15, 0.2) is 30.3 Å². The molecular weight excluding hydrogens is 112 g/mol. The zero-order valence-corrected chi connectivity index (χ0v) is 5.09. The highest BCUT2D eigenvalue weighted by atomic mass is 15.2. The van der Waals surface area contributed by atoms with Crippen LogP contribution in [0.4, 0.5) is 0 Å². The molecule has 0 saturated heterocycles. The Bertz CT molecular complexity index is 160. The molecule has 0 amide bonds. The summed E-state index contributed by atoms with van der Waals surface area (Å²) in [6, 6.07) is 9.87. The van der Waals surface area contributed by atoms with E-state index < -0.39 is 0 Å². The summed E-state index contributed by atoms with van der Waals surface area (Å²) in [5.74, 6) is 6.69. The van der Waals surface area contributed by atoms with E-state index in [1.54, 1.807) is 0 Å². The highest BCUT2D eigenvalue weighted by Crippen LogP contribution is 1.95. The van der Waals surface area contributed by atoms with Crippen molar-refractivity contribution < 1.29 is 0 Å². The number of benzene rings is 1. The second-order valence-corrected chi connectivity index (χ2v) is 1.84. The average Bonchev–Trinajstić information content (AvgIpc) is 1.91. The summed E-state index contributed by atoms with van der Waals surface area (Å²) >= 11 is 0. The minimum atomic E-state index is 0.626. The van der Waals surface area contributed by atoms with Gasteiger partial charge in [-0.25, -0.2) is 5.43 Å². The van der Waals surface area contributed by atoms with Crippen LogP contribution < -0.4 is 11.3 Å². The highest BCUT2D eigenvalue weighted by molar-refractivity contribution is 5.13. The van der Waals surface area contributed by atoms with Crippen LogP contribution in [-0.4, -0.2) is 0 Å². The molecule has 0 atom stereocenters. The van der Waals surface area contributed by atoms with Gasteiger partial charge in [0.15, 0.2) is 0 Å². The quantitative estimate of drug-likeness (QED) is 0.581. The van der Waals surface area contributed by atoms with Gasteiger partial charge in [0.1, 0.15) is 0 Å². The second-order valence-electron chi connectivity index (χ2n) is 1.84. The Hall–Kier alpha value is -0.860. The number of rotatable bonds is 2. The molecule has 2 N–H and O–H groups in total. The van der Waals surface area contributed by atoms with Gasteiger partial charge in [0.25, 0.3) is 0 Å². The fourth-order valence-corrected chi connectivity index (χ4v) is 0.698. The average molecular weight is 121 g/mol. The molecule has 9 heavy (non-hydrogen) atoms. The molecule has 0 saturated carbocycles. The summed E-state index contributed by atoms with van der Waals surface area (Å²) in [6.45, 7) is 0.626. The van der Waals surface area contributed by atoms with Crippen molar-refractivity contribution in [3.8, 4) is 0 Å². The van der Waals surface area contributed by atoms with Crippen molar-refractivity contribution in [3.63, 3.8) is 0 Å². The Morgan fingerprint density at radius 2 is 1.89 bits per heavy atom. The molecule has 1 aromatic rings. The van der Waals surface area contributed by atoms with E-state index in [2.05, 4.69) is 5.43 Å². The number of nitrogens with one attached hydrogen (secondary N) is 2. The molecule has 1 rings (SSSR count). The van der Waals surface area contributed by atoms with E-state index >= 15 is 0 Å². The zero-order valence-electron chi connectivity index (χ0n) is 5.09. The van der Waals surface area contributed by atoms with E-state index in [1.165, 1.54) is 0 Å². The van der Waals surface area contributed by atoms with Crippen molar-refractivity contribution in [2.45, 2.75) is 6.54 Å². The molecule has 2 nitrogen and oxygen atoms in total.